The van der Waals surface area contributed by atoms with Gasteiger partial charge in [0.25, 0.3) is 11.8 Å². The molecule has 0 aliphatic carbocycles. The van der Waals surface area contributed by atoms with Crippen LogP contribution in [-0.4, -0.2) is 37.5 Å². The van der Waals surface area contributed by atoms with E-state index >= 15 is 0 Å². The fourth-order valence-corrected chi connectivity index (χ4v) is 2.90. The van der Waals surface area contributed by atoms with Crippen molar-refractivity contribution < 1.29 is 23.9 Å². The predicted molar refractivity (Wildman–Crippen MR) is 118 cm³/mol. The third-order valence-electron chi connectivity index (χ3n) is 4.39. The van der Waals surface area contributed by atoms with Crippen LogP contribution in [0.2, 0.25) is 0 Å². The number of benzene rings is 2. The van der Waals surface area contributed by atoms with E-state index < -0.39 is 5.97 Å². The zero-order valence-corrected chi connectivity index (χ0v) is 18.7. The summed E-state index contributed by atoms with van der Waals surface area (Å²) in [6.45, 7) is 10.0. The van der Waals surface area contributed by atoms with Gasteiger partial charge in [-0.15, -0.1) is 0 Å². The second-order valence-corrected chi connectivity index (χ2v) is 8.27. The normalized spacial score (nSPS) is 10.9. The molecule has 0 aromatic heterocycles. The van der Waals surface area contributed by atoms with Gasteiger partial charge in [0.05, 0.1) is 0 Å². The minimum Gasteiger partial charge on any atom is -0.483 e. The molecule has 2 N–H and O–H groups in total. The van der Waals surface area contributed by atoms with E-state index in [1.807, 2.05) is 19.1 Å². The second kappa shape index (κ2) is 10.6. The van der Waals surface area contributed by atoms with Gasteiger partial charge in [-0.3, -0.25) is 14.4 Å². The van der Waals surface area contributed by atoms with Gasteiger partial charge in [0, 0.05) is 25.6 Å². The fraction of sp³-hybridized carbons (Fsp3) is 0.375. The number of hydrogen-bond acceptors (Lipinski definition) is 5. The molecule has 2 rings (SSSR count). The summed E-state index contributed by atoms with van der Waals surface area (Å²) in [4.78, 5) is 35.3. The Morgan fingerprint density at radius 3 is 2.35 bits per heavy atom. The maximum Gasteiger partial charge on any atom is 0.308 e. The molecule has 0 aliphatic heterocycles. The summed E-state index contributed by atoms with van der Waals surface area (Å²) >= 11 is 0. The van der Waals surface area contributed by atoms with Crippen molar-refractivity contribution in [2.45, 2.75) is 40.0 Å². The highest BCUT2D eigenvalue weighted by Gasteiger charge is 2.19. The Morgan fingerprint density at radius 2 is 1.68 bits per heavy atom. The van der Waals surface area contributed by atoms with E-state index in [1.54, 1.807) is 18.2 Å². The molecule has 0 atom stereocenters. The molecule has 0 heterocycles. The van der Waals surface area contributed by atoms with Crippen molar-refractivity contribution in [1.29, 1.82) is 0 Å². The third kappa shape index (κ3) is 7.77. The molecule has 7 nitrogen and oxygen atoms in total. The molecule has 2 aromatic carbocycles. The number of aryl methyl sites for hydroxylation is 1. The predicted octanol–water partition coefficient (Wildman–Crippen LogP) is 3.14. The van der Waals surface area contributed by atoms with Crippen LogP contribution in [-0.2, 0) is 15.0 Å². The lowest BCUT2D eigenvalue weighted by Crippen LogP contribution is -2.36. The number of nitrogens with one attached hydrogen (secondary N) is 2. The first-order chi connectivity index (χ1) is 14.6. The van der Waals surface area contributed by atoms with Crippen molar-refractivity contribution in [2.75, 3.05) is 19.7 Å². The average molecular weight is 427 g/mol. The minimum atomic E-state index is -0.456. The number of rotatable bonds is 8. The van der Waals surface area contributed by atoms with Crippen molar-refractivity contribution in [1.82, 2.24) is 10.6 Å². The van der Waals surface area contributed by atoms with Crippen LogP contribution >= 0.6 is 0 Å². The van der Waals surface area contributed by atoms with Crippen LogP contribution in [0.1, 0.15) is 49.2 Å². The summed E-state index contributed by atoms with van der Waals surface area (Å²) < 4.78 is 10.7. The summed E-state index contributed by atoms with van der Waals surface area (Å²) in [5.41, 5.74) is 2.44. The topological polar surface area (TPSA) is 93.7 Å². The van der Waals surface area contributed by atoms with Crippen LogP contribution < -0.4 is 20.1 Å². The van der Waals surface area contributed by atoms with Gasteiger partial charge in [0.1, 0.15) is 11.5 Å². The molecule has 2 aromatic rings. The zero-order valence-electron chi connectivity index (χ0n) is 18.7. The molecule has 0 unspecified atom stereocenters. The monoisotopic (exact) mass is 426 g/mol. The van der Waals surface area contributed by atoms with Crippen LogP contribution in [0, 0.1) is 6.92 Å². The Balaban J connectivity index is 1.78. The molecule has 31 heavy (non-hydrogen) atoms. The van der Waals surface area contributed by atoms with Gasteiger partial charge >= 0.3 is 5.97 Å². The number of ether oxygens (including phenoxy) is 2. The Morgan fingerprint density at radius 1 is 0.968 bits per heavy atom. The highest BCUT2D eigenvalue weighted by Crippen LogP contribution is 2.32. The van der Waals surface area contributed by atoms with Gasteiger partial charge in [-0.1, -0.05) is 44.5 Å². The van der Waals surface area contributed by atoms with E-state index in [4.69, 9.17) is 9.47 Å². The first-order valence-electron chi connectivity index (χ1n) is 10.1. The third-order valence-corrected chi connectivity index (χ3v) is 4.39. The van der Waals surface area contributed by atoms with Crippen LogP contribution in [0.3, 0.4) is 0 Å². The van der Waals surface area contributed by atoms with Gasteiger partial charge < -0.3 is 20.1 Å². The SMILES string of the molecule is CC(=O)Oc1cccc(C(=O)NCCNC(=O)COc2ccc(C)cc2C(C)(C)C)c1. The standard InChI is InChI=1S/C24H30N2O5/c1-16-9-10-21(20(13-16)24(3,4)5)30-15-22(28)25-11-12-26-23(29)18-7-6-8-19(14-18)31-17(2)27/h6-10,13-14H,11-12,15H2,1-5H3,(H,25,28)(H,26,29). The largest absolute Gasteiger partial charge is 0.483 e. The van der Waals surface area contributed by atoms with Crippen molar-refractivity contribution in [3.8, 4) is 11.5 Å². The smallest absolute Gasteiger partial charge is 0.308 e. The molecule has 2 amide bonds. The molecule has 0 spiro atoms. The van der Waals surface area contributed by atoms with Crippen molar-refractivity contribution in [3.05, 3.63) is 59.2 Å². The van der Waals surface area contributed by atoms with Gasteiger partial charge in [-0.2, -0.15) is 0 Å². The van der Waals surface area contributed by atoms with Crippen LogP contribution in [0.15, 0.2) is 42.5 Å². The summed E-state index contributed by atoms with van der Waals surface area (Å²) in [6.07, 6.45) is 0. The van der Waals surface area contributed by atoms with Gasteiger partial charge in [-0.05, 0) is 42.2 Å². The van der Waals surface area contributed by atoms with Gasteiger partial charge in [0.15, 0.2) is 6.61 Å². The second-order valence-electron chi connectivity index (χ2n) is 8.27. The number of carbonyl (C=O) groups excluding carboxylic acids is 3. The quantitative estimate of drug-likeness (QED) is 0.384. The Kier molecular flexibility index (Phi) is 8.19. The Bertz CT molecular complexity index is 947. The first kappa shape index (κ1) is 23.9. The summed E-state index contributed by atoms with van der Waals surface area (Å²) in [5, 5.41) is 5.43. The molecular formula is C24H30N2O5. The molecule has 0 saturated heterocycles. The van der Waals surface area contributed by atoms with Crippen LogP contribution in [0.25, 0.3) is 0 Å². The van der Waals surface area contributed by atoms with Gasteiger partial charge in [0.2, 0.25) is 0 Å². The number of carbonyl (C=O) groups is 3. The molecule has 0 bridgehead atoms. The number of hydrogen-bond donors (Lipinski definition) is 2. The zero-order chi connectivity index (χ0) is 23.0. The van der Waals surface area contributed by atoms with E-state index in [2.05, 4.69) is 37.5 Å². The maximum absolute atomic E-state index is 12.2. The van der Waals surface area contributed by atoms with E-state index in [0.717, 1.165) is 11.1 Å². The molecule has 0 radical (unpaired) electrons. The molecule has 0 saturated carbocycles. The molecular weight excluding hydrogens is 396 g/mol. The Hall–Kier alpha value is -3.35. The highest BCUT2D eigenvalue weighted by atomic mass is 16.5. The van der Waals surface area contributed by atoms with Crippen LogP contribution in [0.5, 0.6) is 11.5 Å². The summed E-state index contributed by atoms with van der Waals surface area (Å²) in [6, 6.07) is 12.2. The first-order valence-corrected chi connectivity index (χ1v) is 10.1. The summed E-state index contributed by atoms with van der Waals surface area (Å²) in [5.74, 6) is -0.0613. The lowest BCUT2D eigenvalue weighted by Gasteiger charge is -2.23. The molecule has 0 aliphatic rings. The molecule has 7 heteroatoms. The lowest BCUT2D eigenvalue weighted by molar-refractivity contribution is -0.131. The van der Waals surface area contributed by atoms with Crippen LogP contribution in [0.4, 0.5) is 0 Å². The average Bonchev–Trinajstić information content (AvgIpc) is 2.69. The number of esters is 1. The van der Waals surface area contributed by atoms with E-state index in [0.29, 0.717) is 17.1 Å². The van der Waals surface area contributed by atoms with Crippen molar-refractivity contribution >= 4 is 17.8 Å². The Labute approximate surface area is 183 Å². The van der Waals surface area contributed by atoms with Gasteiger partial charge in [-0.25, -0.2) is 0 Å². The lowest BCUT2D eigenvalue weighted by atomic mass is 9.85. The van der Waals surface area contributed by atoms with Crippen molar-refractivity contribution in [2.24, 2.45) is 0 Å². The van der Waals surface area contributed by atoms with E-state index in [-0.39, 0.29) is 36.9 Å². The fourth-order valence-electron chi connectivity index (χ4n) is 2.90. The highest BCUT2D eigenvalue weighted by molar-refractivity contribution is 5.94. The van der Waals surface area contributed by atoms with E-state index in [9.17, 15) is 14.4 Å². The molecule has 0 fully saturated rings. The minimum absolute atomic E-state index is 0.102. The van der Waals surface area contributed by atoms with Crippen molar-refractivity contribution in [3.63, 3.8) is 0 Å². The number of amides is 2. The van der Waals surface area contributed by atoms with E-state index in [1.165, 1.54) is 13.0 Å². The summed E-state index contributed by atoms with van der Waals surface area (Å²) in [7, 11) is 0. The molecule has 166 valence electrons. The maximum atomic E-state index is 12.2.